The van der Waals surface area contributed by atoms with Crippen molar-refractivity contribution in [1.82, 2.24) is 0 Å². The first-order valence-electron chi connectivity index (χ1n) is 5.03. The van der Waals surface area contributed by atoms with E-state index in [1.165, 1.54) is 6.92 Å². The van der Waals surface area contributed by atoms with Crippen LogP contribution in [0.2, 0.25) is 0 Å². The van der Waals surface area contributed by atoms with Gasteiger partial charge in [-0.3, -0.25) is 10.1 Å². The molecule has 2 atom stereocenters. The summed E-state index contributed by atoms with van der Waals surface area (Å²) in [6.07, 6.45) is -0.755. The van der Waals surface area contributed by atoms with E-state index in [4.69, 9.17) is 10.8 Å². The quantitative estimate of drug-likeness (QED) is 0.525. The van der Waals surface area contributed by atoms with Crippen molar-refractivity contribution < 1.29 is 14.4 Å². The maximum atomic E-state index is 13.0. The molecule has 0 radical (unpaired) electrons. The maximum absolute atomic E-state index is 13.0. The second-order valence-corrected chi connectivity index (χ2v) is 3.70. The minimum Gasteiger partial charge on any atom is -0.392 e. The zero-order valence-electron chi connectivity index (χ0n) is 9.26. The van der Waals surface area contributed by atoms with Gasteiger partial charge in [-0.25, -0.2) is 4.39 Å². The monoisotopic (exact) mass is 243 g/mol. The molecule has 0 spiro atoms. The summed E-state index contributed by atoms with van der Waals surface area (Å²) in [4.78, 5) is 10.1. The first kappa shape index (κ1) is 13.3. The fraction of sp³-hybridized carbons (Fsp3) is 0.400. The number of anilines is 1. The normalized spacial score (nSPS) is 14.1. The number of aliphatic hydroxyl groups excluding tert-OH is 1. The molecule has 0 heterocycles. The Morgan fingerprint density at radius 3 is 2.82 bits per heavy atom. The first-order chi connectivity index (χ1) is 7.91. The number of halogens is 1. The van der Waals surface area contributed by atoms with Crippen molar-refractivity contribution in [1.29, 1.82) is 0 Å². The molecule has 0 saturated carbocycles. The molecule has 2 unspecified atom stereocenters. The van der Waals surface area contributed by atoms with Crippen molar-refractivity contribution in [2.24, 2.45) is 5.73 Å². The number of hydrogen-bond donors (Lipinski definition) is 3. The van der Waals surface area contributed by atoms with Gasteiger partial charge in [0.2, 0.25) is 0 Å². The van der Waals surface area contributed by atoms with Crippen LogP contribution in [0.5, 0.6) is 0 Å². The van der Waals surface area contributed by atoms with E-state index >= 15 is 0 Å². The molecule has 0 aliphatic rings. The molecular weight excluding hydrogens is 229 g/mol. The maximum Gasteiger partial charge on any atom is 0.292 e. The molecule has 0 aromatic heterocycles. The van der Waals surface area contributed by atoms with Gasteiger partial charge in [-0.1, -0.05) is 0 Å². The molecule has 0 bridgehead atoms. The van der Waals surface area contributed by atoms with Crippen LogP contribution in [0.25, 0.3) is 0 Å². The van der Waals surface area contributed by atoms with Crippen LogP contribution in [0.3, 0.4) is 0 Å². The lowest BCUT2D eigenvalue weighted by atomic mass is 10.2. The first-order valence-corrected chi connectivity index (χ1v) is 5.03. The third-order valence-electron chi connectivity index (χ3n) is 2.30. The standard InChI is InChI=1S/C10H14FN3O3/c1-6(15)8(12)5-13-9-4-7(11)2-3-10(9)14(16)17/h2-4,6,8,13,15H,5,12H2,1H3. The van der Waals surface area contributed by atoms with E-state index in [1.807, 2.05) is 0 Å². The summed E-state index contributed by atoms with van der Waals surface area (Å²) < 4.78 is 13.0. The molecular formula is C10H14FN3O3. The number of nitro benzene ring substituents is 1. The van der Waals surface area contributed by atoms with Gasteiger partial charge in [0.1, 0.15) is 11.5 Å². The van der Waals surface area contributed by atoms with Gasteiger partial charge in [-0.05, 0) is 13.0 Å². The van der Waals surface area contributed by atoms with Gasteiger partial charge in [0.15, 0.2) is 0 Å². The van der Waals surface area contributed by atoms with Crippen LogP contribution in [0.4, 0.5) is 15.8 Å². The fourth-order valence-electron chi connectivity index (χ4n) is 1.21. The summed E-state index contributed by atoms with van der Waals surface area (Å²) in [6.45, 7) is 1.62. The summed E-state index contributed by atoms with van der Waals surface area (Å²) in [5.74, 6) is -0.580. The number of aliphatic hydroxyl groups is 1. The Hall–Kier alpha value is -1.73. The minimum atomic E-state index is -0.755. The van der Waals surface area contributed by atoms with E-state index in [1.54, 1.807) is 0 Å². The van der Waals surface area contributed by atoms with Crippen molar-refractivity contribution in [3.63, 3.8) is 0 Å². The number of nitrogens with two attached hydrogens (primary N) is 1. The van der Waals surface area contributed by atoms with Gasteiger partial charge in [-0.15, -0.1) is 0 Å². The molecule has 17 heavy (non-hydrogen) atoms. The topological polar surface area (TPSA) is 101 Å². The molecule has 1 rings (SSSR count). The second kappa shape index (κ2) is 5.55. The molecule has 6 nitrogen and oxygen atoms in total. The van der Waals surface area contributed by atoms with Crippen molar-refractivity contribution in [2.45, 2.75) is 19.1 Å². The molecule has 0 aliphatic heterocycles. The average molecular weight is 243 g/mol. The van der Waals surface area contributed by atoms with Gasteiger partial charge < -0.3 is 16.2 Å². The van der Waals surface area contributed by atoms with Crippen LogP contribution in [0.1, 0.15) is 6.92 Å². The van der Waals surface area contributed by atoms with Gasteiger partial charge in [0, 0.05) is 24.7 Å². The Morgan fingerprint density at radius 2 is 2.29 bits per heavy atom. The highest BCUT2D eigenvalue weighted by Crippen LogP contribution is 2.24. The molecule has 4 N–H and O–H groups in total. The Balaban J connectivity index is 2.82. The number of nitrogens with one attached hydrogen (secondary N) is 1. The lowest BCUT2D eigenvalue weighted by Gasteiger charge is -2.16. The van der Waals surface area contributed by atoms with Crippen molar-refractivity contribution in [2.75, 3.05) is 11.9 Å². The lowest BCUT2D eigenvalue weighted by Crippen LogP contribution is -2.38. The lowest BCUT2D eigenvalue weighted by molar-refractivity contribution is -0.384. The Bertz CT molecular complexity index is 412. The van der Waals surface area contributed by atoms with E-state index in [0.29, 0.717) is 0 Å². The number of nitro groups is 1. The van der Waals surface area contributed by atoms with Gasteiger partial charge in [0.25, 0.3) is 5.69 Å². The summed E-state index contributed by atoms with van der Waals surface area (Å²) in [6, 6.07) is 2.52. The third kappa shape index (κ3) is 3.65. The van der Waals surface area contributed by atoms with Crippen LogP contribution in [0.15, 0.2) is 18.2 Å². The molecule has 1 aromatic carbocycles. The Labute approximate surface area is 97.4 Å². The minimum absolute atomic E-state index is 0.0473. The Morgan fingerprint density at radius 1 is 1.65 bits per heavy atom. The van der Waals surface area contributed by atoms with Gasteiger partial charge in [0.05, 0.1) is 11.0 Å². The smallest absolute Gasteiger partial charge is 0.292 e. The van der Waals surface area contributed by atoms with Crippen molar-refractivity contribution in [3.8, 4) is 0 Å². The molecule has 0 fully saturated rings. The van der Waals surface area contributed by atoms with Crippen molar-refractivity contribution in [3.05, 3.63) is 34.1 Å². The number of nitrogens with zero attached hydrogens (tertiary/aromatic N) is 1. The summed E-state index contributed by atoms with van der Waals surface area (Å²) in [7, 11) is 0. The highest BCUT2D eigenvalue weighted by Gasteiger charge is 2.16. The Kier molecular flexibility index (Phi) is 4.36. The predicted molar refractivity (Wildman–Crippen MR) is 61.2 cm³/mol. The number of benzene rings is 1. The highest BCUT2D eigenvalue weighted by molar-refractivity contribution is 5.61. The van der Waals surface area contributed by atoms with Crippen molar-refractivity contribution >= 4 is 11.4 Å². The highest BCUT2D eigenvalue weighted by atomic mass is 19.1. The van der Waals surface area contributed by atoms with Crippen LogP contribution in [0, 0.1) is 15.9 Å². The van der Waals surface area contributed by atoms with Crippen LogP contribution < -0.4 is 11.1 Å². The fourth-order valence-corrected chi connectivity index (χ4v) is 1.21. The summed E-state index contributed by atoms with van der Waals surface area (Å²) >= 11 is 0. The molecule has 7 heteroatoms. The molecule has 1 aromatic rings. The van der Waals surface area contributed by atoms with E-state index in [2.05, 4.69) is 5.32 Å². The van der Waals surface area contributed by atoms with E-state index < -0.39 is 22.9 Å². The molecule has 94 valence electrons. The van der Waals surface area contributed by atoms with Crippen LogP contribution >= 0.6 is 0 Å². The zero-order valence-corrected chi connectivity index (χ0v) is 9.26. The SMILES string of the molecule is CC(O)C(N)CNc1cc(F)ccc1[N+](=O)[O-]. The molecule has 0 saturated heterocycles. The van der Waals surface area contributed by atoms with E-state index in [0.717, 1.165) is 18.2 Å². The van der Waals surface area contributed by atoms with Gasteiger partial charge in [-0.2, -0.15) is 0 Å². The molecule has 0 aliphatic carbocycles. The van der Waals surface area contributed by atoms with Crippen LogP contribution in [-0.2, 0) is 0 Å². The molecule has 0 amide bonds. The summed E-state index contributed by atoms with van der Waals surface area (Å²) in [5.41, 5.74) is 5.37. The van der Waals surface area contributed by atoms with Gasteiger partial charge >= 0.3 is 0 Å². The number of hydrogen-bond acceptors (Lipinski definition) is 5. The second-order valence-electron chi connectivity index (χ2n) is 3.70. The zero-order chi connectivity index (χ0) is 13.0. The van der Waals surface area contributed by atoms with E-state index in [9.17, 15) is 14.5 Å². The predicted octanol–water partition coefficient (Wildman–Crippen LogP) is 0.854. The largest absolute Gasteiger partial charge is 0.392 e. The van der Waals surface area contributed by atoms with E-state index in [-0.39, 0.29) is 17.9 Å². The summed E-state index contributed by atoms with van der Waals surface area (Å²) in [5, 5.41) is 22.5. The number of rotatable bonds is 5. The van der Waals surface area contributed by atoms with Crippen LogP contribution in [-0.4, -0.2) is 28.7 Å². The third-order valence-corrected chi connectivity index (χ3v) is 2.30. The average Bonchev–Trinajstić information content (AvgIpc) is 2.25.